The maximum atomic E-state index is 14.3. The van der Waals surface area contributed by atoms with Crippen LogP contribution in [0.4, 0.5) is 4.79 Å². The summed E-state index contributed by atoms with van der Waals surface area (Å²) in [6, 6.07) is 23.8. The summed E-state index contributed by atoms with van der Waals surface area (Å²) >= 11 is 0. The summed E-state index contributed by atoms with van der Waals surface area (Å²) in [4.78, 5) is 72.4. The first-order valence-electron chi connectivity index (χ1n) is 21.1. The van der Waals surface area contributed by atoms with Crippen molar-refractivity contribution in [3.63, 3.8) is 0 Å². The van der Waals surface area contributed by atoms with Crippen LogP contribution in [0.1, 0.15) is 68.8 Å². The highest BCUT2D eigenvalue weighted by atomic mass is 16.5. The van der Waals surface area contributed by atoms with Gasteiger partial charge in [0.05, 0.1) is 56.0 Å². The number of aromatic amines is 2. The summed E-state index contributed by atoms with van der Waals surface area (Å²) < 4.78 is 10.1. The molecule has 1 aliphatic heterocycles. The van der Waals surface area contributed by atoms with Crippen molar-refractivity contribution in [1.82, 2.24) is 40.4 Å². The van der Waals surface area contributed by atoms with Crippen LogP contribution in [0.25, 0.3) is 33.6 Å². The number of imidazole rings is 2. The highest BCUT2D eigenvalue weighted by Crippen LogP contribution is 2.34. The minimum atomic E-state index is -0.875. The van der Waals surface area contributed by atoms with Gasteiger partial charge in [0, 0.05) is 26.1 Å². The van der Waals surface area contributed by atoms with E-state index in [9.17, 15) is 19.2 Å². The van der Waals surface area contributed by atoms with Crippen molar-refractivity contribution >= 4 is 23.8 Å². The van der Waals surface area contributed by atoms with Crippen LogP contribution in [-0.4, -0.2) is 93.5 Å². The maximum absolute atomic E-state index is 14.3. The molecule has 2 fully saturated rings. The molecule has 4 amide bonds. The summed E-state index contributed by atoms with van der Waals surface area (Å²) in [5, 5.41) is 5.70. The summed E-state index contributed by atoms with van der Waals surface area (Å²) in [5.41, 5.74) is 6.27. The molecular formula is C48H54N8O6. The molecule has 1 aliphatic carbocycles. The largest absolute Gasteiger partial charge is 0.453 e. The molecule has 0 radical (unpaired) electrons. The Hall–Kier alpha value is -6.72. The van der Waals surface area contributed by atoms with Crippen LogP contribution in [-0.2, 0) is 30.4 Å². The predicted molar refractivity (Wildman–Crippen MR) is 235 cm³/mol. The Morgan fingerprint density at radius 3 is 2.08 bits per heavy atom. The zero-order valence-corrected chi connectivity index (χ0v) is 35.6. The fourth-order valence-corrected chi connectivity index (χ4v) is 7.87. The van der Waals surface area contributed by atoms with E-state index in [1.807, 2.05) is 68.4 Å². The van der Waals surface area contributed by atoms with Gasteiger partial charge in [0.25, 0.3) is 0 Å². The fourth-order valence-electron chi connectivity index (χ4n) is 7.87. The Bertz CT molecular complexity index is 2360. The molecule has 2 aliphatic rings. The molecule has 3 heterocycles. The van der Waals surface area contributed by atoms with Gasteiger partial charge in [0.2, 0.25) is 17.7 Å². The Balaban J connectivity index is 1.02. The Kier molecular flexibility index (Phi) is 13.8. The smallest absolute Gasteiger partial charge is 0.407 e. The van der Waals surface area contributed by atoms with Gasteiger partial charge in [0.15, 0.2) is 0 Å². The molecule has 0 unspecified atom stereocenters. The number of benzene rings is 3. The number of amides is 4. The first-order chi connectivity index (χ1) is 30.1. The van der Waals surface area contributed by atoms with E-state index in [0.717, 1.165) is 59.3 Å². The zero-order valence-electron chi connectivity index (χ0n) is 35.6. The van der Waals surface area contributed by atoms with Crippen molar-refractivity contribution in [2.24, 2.45) is 17.8 Å². The lowest BCUT2D eigenvalue weighted by Gasteiger charge is -2.30. The van der Waals surface area contributed by atoms with Crippen molar-refractivity contribution in [2.45, 2.75) is 64.2 Å². The monoisotopic (exact) mass is 838 g/mol. The maximum Gasteiger partial charge on any atom is 0.407 e. The van der Waals surface area contributed by atoms with E-state index < -0.39 is 18.2 Å². The van der Waals surface area contributed by atoms with Crippen molar-refractivity contribution in [3.8, 4) is 46.0 Å². The Labute approximate surface area is 362 Å². The van der Waals surface area contributed by atoms with E-state index in [4.69, 9.17) is 15.9 Å². The first kappa shape index (κ1) is 43.4. The predicted octanol–water partition coefficient (Wildman–Crippen LogP) is 6.67. The molecule has 4 N–H and O–H groups in total. The lowest BCUT2D eigenvalue weighted by molar-refractivity contribution is -0.138. The van der Waals surface area contributed by atoms with E-state index in [0.29, 0.717) is 23.8 Å². The lowest BCUT2D eigenvalue weighted by atomic mass is 10.0. The number of aromatic nitrogens is 4. The van der Waals surface area contributed by atoms with E-state index in [1.165, 1.54) is 7.11 Å². The number of alkyl carbamates (subject to hydrolysis) is 1. The quantitative estimate of drug-likeness (QED) is 0.0752. The van der Waals surface area contributed by atoms with Crippen molar-refractivity contribution < 1.29 is 28.7 Å². The SMILES string of the molecule is C#C[C@H](COC)CN(Cc1ncc(-c2ccc(-c3ccc(-c4cnc([C@@H]5CCCN5C(=O)[C@@H](NC(=O)OC)C(C)C)[nH]4)cc3)cc2)[nH]1)C(=O)[C@H](NC(=O)C1CC1)c1ccccc1. The molecule has 4 atom stereocenters. The molecule has 5 aromatic rings. The number of likely N-dealkylation sites (tertiary alicyclic amines) is 1. The van der Waals surface area contributed by atoms with Gasteiger partial charge in [-0.1, -0.05) is 98.6 Å². The second-order valence-corrected chi connectivity index (χ2v) is 16.3. The topological polar surface area (TPSA) is 175 Å². The number of carbonyl (C=O) groups is 4. The van der Waals surface area contributed by atoms with Gasteiger partial charge in [-0.15, -0.1) is 6.42 Å². The van der Waals surface area contributed by atoms with Crippen LogP contribution < -0.4 is 10.6 Å². The third-order valence-electron chi connectivity index (χ3n) is 11.5. The number of rotatable bonds is 17. The lowest BCUT2D eigenvalue weighted by Crippen LogP contribution is -2.51. The van der Waals surface area contributed by atoms with Gasteiger partial charge >= 0.3 is 6.09 Å². The molecule has 3 aromatic carbocycles. The van der Waals surface area contributed by atoms with Crippen LogP contribution >= 0.6 is 0 Å². The van der Waals surface area contributed by atoms with Crippen LogP contribution in [0.3, 0.4) is 0 Å². The molecule has 14 heteroatoms. The number of ether oxygens (including phenoxy) is 2. The van der Waals surface area contributed by atoms with E-state index in [-0.39, 0.29) is 61.2 Å². The van der Waals surface area contributed by atoms with Gasteiger partial charge in [-0.2, -0.15) is 0 Å². The number of carbonyl (C=O) groups excluding carboxylic acids is 4. The fraction of sp³-hybridized carbons (Fsp3) is 0.375. The molecule has 322 valence electrons. The number of terminal acetylenes is 1. The van der Waals surface area contributed by atoms with Crippen LogP contribution in [0.5, 0.6) is 0 Å². The number of hydrogen-bond acceptors (Lipinski definition) is 8. The first-order valence-corrected chi connectivity index (χ1v) is 21.1. The summed E-state index contributed by atoms with van der Waals surface area (Å²) in [6.07, 6.45) is 12.0. The van der Waals surface area contributed by atoms with Gasteiger partial charge in [-0.3, -0.25) is 14.4 Å². The molecule has 0 bridgehead atoms. The minimum Gasteiger partial charge on any atom is -0.453 e. The van der Waals surface area contributed by atoms with Crippen molar-refractivity contribution in [1.29, 1.82) is 0 Å². The normalized spacial score (nSPS) is 16.3. The zero-order chi connectivity index (χ0) is 43.8. The summed E-state index contributed by atoms with van der Waals surface area (Å²) in [5.74, 6) is 2.93. The molecular weight excluding hydrogens is 785 g/mol. The van der Waals surface area contributed by atoms with Crippen molar-refractivity contribution in [3.05, 3.63) is 108 Å². The van der Waals surface area contributed by atoms with Crippen LogP contribution in [0.15, 0.2) is 91.3 Å². The molecule has 0 spiro atoms. The average molecular weight is 839 g/mol. The molecule has 62 heavy (non-hydrogen) atoms. The van der Waals surface area contributed by atoms with Gasteiger partial charge in [0.1, 0.15) is 23.7 Å². The standard InChI is InChI=1S/C48H54N8O6/c1-6-31(29-61-4)27-55(46(58)43(36-11-8-7-9-12-36)53-45(57)37-22-23-37)28-41-49-25-38(51-41)34-18-14-32(15-19-34)33-16-20-35(21-17-33)39-26-50-44(52-39)40-13-10-24-56(40)47(59)42(30(2)3)54-48(60)62-5/h1,7-9,11-12,14-21,25-26,30-31,37,40,42-43H,10,13,22-24,27-29H2,2-5H3,(H,49,51)(H,50,52)(H,53,57)(H,54,60)/t31-,40-,42-,43+/m0/s1. The van der Waals surface area contributed by atoms with Gasteiger partial charge in [-0.25, -0.2) is 14.8 Å². The molecule has 1 saturated carbocycles. The molecule has 2 aromatic heterocycles. The highest BCUT2D eigenvalue weighted by molar-refractivity contribution is 5.90. The van der Waals surface area contributed by atoms with Gasteiger partial charge in [-0.05, 0) is 59.4 Å². The van der Waals surface area contributed by atoms with E-state index >= 15 is 0 Å². The van der Waals surface area contributed by atoms with E-state index in [2.05, 4.69) is 60.8 Å². The number of nitrogens with zero attached hydrogens (tertiary/aromatic N) is 4. The third kappa shape index (κ3) is 10.2. The second kappa shape index (κ2) is 19.8. The average Bonchev–Trinajstić information content (AvgIpc) is 3.60. The number of methoxy groups -OCH3 is 2. The number of H-pyrrole nitrogens is 2. The third-order valence-corrected chi connectivity index (χ3v) is 11.5. The second-order valence-electron chi connectivity index (χ2n) is 16.3. The molecule has 1 saturated heterocycles. The molecule has 7 rings (SSSR count). The van der Waals surface area contributed by atoms with Gasteiger partial charge < -0.3 is 39.9 Å². The molecule has 14 nitrogen and oxygen atoms in total. The highest BCUT2D eigenvalue weighted by Gasteiger charge is 2.38. The van der Waals surface area contributed by atoms with Crippen LogP contribution in [0, 0.1) is 30.1 Å². The minimum absolute atomic E-state index is 0.0677. The van der Waals surface area contributed by atoms with E-state index in [1.54, 1.807) is 29.3 Å². The summed E-state index contributed by atoms with van der Waals surface area (Å²) in [6.45, 7) is 5.01. The summed E-state index contributed by atoms with van der Waals surface area (Å²) in [7, 11) is 2.86. The number of nitrogens with one attached hydrogen (secondary N) is 4. The Morgan fingerprint density at radius 1 is 0.855 bits per heavy atom. The van der Waals surface area contributed by atoms with Crippen molar-refractivity contribution in [2.75, 3.05) is 33.9 Å². The Morgan fingerprint density at radius 2 is 1.48 bits per heavy atom. The number of hydrogen-bond donors (Lipinski definition) is 4. The van der Waals surface area contributed by atoms with Crippen LogP contribution in [0.2, 0.25) is 0 Å².